The second kappa shape index (κ2) is 7.39. The molecule has 108 valence electrons. The molecule has 0 aliphatic heterocycles. The number of benzene rings is 1. The van der Waals surface area contributed by atoms with Gasteiger partial charge in [0.15, 0.2) is 0 Å². The molecule has 0 aromatic heterocycles. The summed E-state index contributed by atoms with van der Waals surface area (Å²) in [6, 6.07) is 7.37. The van der Waals surface area contributed by atoms with Crippen molar-refractivity contribution in [3.05, 3.63) is 29.8 Å². The summed E-state index contributed by atoms with van der Waals surface area (Å²) >= 11 is 4.90. The van der Waals surface area contributed by atoms with Crippen LogP contribution in [0.5, 0.6) is 0 Å². The van der Waals surface area contributed by atoms with Gasteiger partial charge in [-0.15, -0.1) is 0 Å². The lowest BCUT2D eigenvalue weighted by molar-refractivity contribution is -0.117. The highest BCUT2D eigenvalue weighted by Crippen LogP contribution is 2.25. The Labute approximate surface area is 125 Å². The topological polar surface area (TPSA) is 55.1 Å². The fourth-order valence-corrected chi connectivity index (χ4v) is 2.90. The molecule has 4 heteroatoms. The van der Waals surface area contributed by atoms with Crippen molar-refractivity contribution in [1.82, 2.24) is 0 Å². The molecular weight excluding hydrogens is 268 g/mol. The molecule has 1 aromatic carbocycles. The number of carbonyl (C=O) groups is 1. The van der Waals surface area contributed by atoms with E-state index in [1.54, 1.807) is 0 Å². The second-order valence-corrected chi connectivity index (χ2v) is 5.99. The zero-order valence-corrected chi connectivity index (χ0v) is 12.5. The van der Waals surface area contributed by atoms with Crippen LogP contribution in [0, 0.1) is 5.92 Å². The molecule has 1 aliphatic carbocycles. The minimum absolute atomic E-state index is 0.111. The number of rotatable bonds is 4. The third kappa shape index (κ3) is 4.60. The number of nitrogens with one attached hydrogen (secondary N) is 1. The fourth-order valence-electron chi connectivity index (χ4n) is 2.76. The molecule has 0 radical (unpaired) electrons. The molecule has 2 rings (SSSR count). The van der Waals surface area contributed by atoms with Crippen LogP contribution in [0.1, 0.15) is 50.5 Å². The van der Waals surface area contributed by atoms with Gasteiger partial charge in [-0.3, -0.25) is 4.79 Å². The van der Waals surface area contributed by atoms with Crippen LogP contribution in [0.2, 0.25) is 0 Å². The van der Waals surface area contributed by atoms with Crippen LogP contribution in [0.4, 0.5) is 5.69 Å². The molecule has 0 bridgehead atoms. The van der Waals surface area contributed by atoms with Gasteiger partial charge in [0.25, 0.3) is 0 Å². The minimum Gasteiger partial charge on any atom is -0.389 e. The van der Waals surface area contributed by atoms with Crippen LogP contribution in [-0.4, -0.2) is 10.9 Å². The number of amides is 1. The van der Waals surface area contributed by atoms with Gasteiger partial charge < -0.3 is 11.1 Å². The molecule has 1 aromatic rings. The predicted octanol–water partition coefficient (Wildman–Crippen LogP) is 3.62. The Bertz CT molecular complexity index is 462. The highest BCUT2D eigenvalue weighted by atomic mass is 32.1. The molecule has 0 unspecified atom stereocenters. The van der Waals surface area contributed by atoms with Crippen molar-refractivity contribution >= 4 is 28.8 Å². The molecule has 1 fully saturated rings. The first-order valence-corrected chi connectivity index (χ1v) is 7.75. The normalized spacial score (nSPS) is 16.4. The smallest absolute Gasteiger partial charge is 0.224 e. The zero-order chi connectivity index (χ0) is 14.4. The van der Waals surface area contributed by atoms with Crippen LogP contribution < -0.4 is 11.1 Å². The Hall–Kier alpha value is -1.42. The first kappa shape index (κ1) is 15.0. The Balaban J connectivity index is 1.85. The van der Waals surface area contributed by atoms with Crippen LogP contribution in [0.3, 0.4) is 0 Å². The maximum atomic E-state index is 12.1. The Morgan fingerprint density at radius 2 is 1.75 bits per heavy atom. The first-order valence-electron chi connectivity index (χ1n) is 7.35. The van der Waals surface area contributed by atoms with Crippen molar-refractivity contribution in [2.75, 3.05) is 5.32 Å². The van der Waals surface area contributed by atoms with Gasteiger partial charge in [0, 0.05) is 17.7 Å². The van der Waals surface area contributed by atoms with E-state index in [9.17, 15) is 4.79 Å². The van der Waals surface area contributed by atoms with Gasteiger partial charge in [0.05, 0.1) is 0 Å². The number of anilines is 1. The van der Waals surface area contributed by atoms with Gasteiger partial charge in [-0.25, -0.2) is 0 Å². The highest BCUT2D eigenvalue weighted by molar-refractivity contribution is 7.80. The molecule has 0 atom stereocenters. The van der Waals surface area contributed by atoms with E-state index < -0.39 is 0 Å². The first-order chi connectivity index (χ1) is 9.65. The zero-order valence-electron chi connectivity index (χ0n) is 11.7. The van der Waals surface area contributed by atoms with Crippen molar-refractivity contribution < 1.29 is 4.79 Å². The van der Waals surface area contributed by atoms with E-state index >= 15 is 0 Å². The molecular formula is C16H22N2OS. The van der Waals surface area contributed by atoms with E-state index in [1.807, 2.05) is 24.3 Å². The quantitative estimate of drug-likeness (QED) is 0.658. The van der Waals surface area contributed by atoms with Crippen LogP contribution >= 0.6 is 12.2 Å². The number of hydrogen-bond acceptors (Lipinski definition) is 2. The van der Waals surface area contributed by atoms with Crippen molar-refractivity contribution in [1.29, 1.82) is 0 Å². The van der Waals surface area contributed by atoms with Gasteiger partial charge in [-0.05, 0) is 43.0 Å². The van der Waals surface area contributed by atoms with Crippen molar-refractivity contribution in [3.63, 3.8) is 0 Å². The van der Waals surface area contributed by atoms with Crippen molar-refractivity contribution in [2.24, 2.45) is 11.7 Å². The van der Waals surface area contributed by atoms with Gasteiger partial charge in [0.2, 0.25) is 5.91 Å². The number of thiocarbonyl (C=S) groups is 1. The lowest BCUT2D eigenvalue weighted by Gasteiger charge is -2.13. The summed E-state index contributed by atoms with van der Waals surface area (Å²) in [6.07, 6.45) is 8.18. The van der Waals surface area contributed by atoms with E-state index in [-0.39, 0.29) is 5.91 Å². The van der Waals surface area contributed by atoms with E-state index in [1.165, 1.54) is 38.5 Å². The average molecular weight is 290 g/mol. The molecule has 0 saturated heterocycles. The highest BCUT2D eigenvalue weighted by Gasteiger charge is 2.16. The molecule has 1 amide bonds. The maximum absolute atomic E-state index is 12.1. The Morgan fingerprint density at radius 3 is 2.30 bits per heavy atom. The van der Waals surface area contributed by atoms with Crippen molar-refractivity contribution in [2.45, 2.75) is 44.9 Å². The lowest BCUT2D eigenvalue weighted by Crippen LogP contribution is -2.16. The van der Waals surface area contributed by atoms with Crippen LogP contribution in [-0.2, 0) is 4.79 Å². The summed E-state index contributed by atoms with van der Waals surface area (Å²) in [7, 11) is 0. The molecule has 3 nitrogen and oxygen atoms in total. The molecule has 0 heterocycles. The monoisotopic (exact) mass is 290 g/mol. The van der Waals surface area contributed by atoms with E-state index in [0.717, 1.165) is 11.3 Å². The number of nitrogens with two attached hydrogens (primary N) is 1. The molecule has 0 spiro atoms. The van der Waals surface area contributed by atoms with E-state index in [2.05, 4.69) is 5.32 Å². The van der Waals surface area contributed by atoms with Gasteiger partial charge in [-0.2, -0.15) is 0 Å². The van der Waals surface area contributed by atoms with Gasteiger partial charge in [0.1, 0.15) is 4.99 Å². The average Bonchev–Trinajstić information content (AvgIpc) is 2.68. The third-order valence-corrected chi connectivity index (χ3v) is 4.14. The molecule has 1 aliphatic rings. The Morgan fingerprint density at radius 1 is 1.15 bits per heavy atom. The van der Waals surface area contributed by atoms with Crippen molar-refractivity contribution in [3.8, 4) is 0 Å². The summed E-state index contributed by atoms with van der Waals surface area (Å²) in [5.41, 5.74) is 7.18. The summed E-state index contributed by atoms with van der Waals surface area (Å²) in [4.78, 5) is 12.4. The summed E-state index contributed by atoms with van der Waals surface area (Å²) < 4.78 is 0. The van der Waals surface area contributed by atoms with Gasteiger partial charge in [-0.1, -0.05) is 37.9 Å². The maximum Gasteiger partial charge on any atom is 0.224 e. The molecule has 3 N–H and O–H groups in total. The SMILES string of the molecule is NC(=S)c1ccc(NC(=O)CC2CCCCCC2)cc1. The Kier molecular flexibility index (Phi) is 5.53. The van der Waals surface area contributed by atoms with E-state index in [0.29, 0.717) is 17.3 Å². The lowest BCUT2D eigenvalue weighted by atomic mass is 9.96. The molecule has 20 heavy (non-hydrogen) atoms. The van der Waals surface area contributed by atoms with Gasteiger partial charge >= 0.3 is 0 Å². The second-order valence-electron chi connectivity index (χ2n) is 5.55. The standard InChI is InChI=1S/C16H22N2OS/c17-16(20)13-7-9-14(10-8-13)18-15(19)11-12-5-3-1-2-4-6-12/h7-10,12H,1-6,11H2,(H2,17,20)(H,18,19). The minimum atomic E-state index is 0.111. The molecule has 1 saturated carbocycles. The summed E-state index contributed by atoms with van der Waals surface area (Å²) in [5.74, 6) is 0.661. The fraction of sp³-hybridized carbons (Fsp3) is 0.500. The largest absolute Gasteiger partial charge is 0.389 e. The van der Waals surface area contributed by atoms with E-state index in [4.69, 9.17) is 18.0 Å². The number of carbonyl (C=O) groups excluding carboxylic acids is 1. The number of hydrogen-bond donors (Lipinski definition) is 2. The summed E-state index contributed by atoms with van der Waals surface area (Å²) in [5, 5.41) is 2.95. The predicted molar refractivity (Wildman–Crippen MR) is 86.8 cm³/mol. The van der Waals surface area contributed by atoms with Crippen LogP contribution in [0.15, 0.2) is 24.3 Å². The third-order valence-electron chi connectivity index (χ3n) is 3.90. The van der Waals surface area contributed by atoms with Crippen LogP contribution in [0.25, 0.3) is 0 Å². The summed E-state index contributed by atoms with van der Waals surface area (Å²) in [6.45, 7) is 0.